The van der Waals surface area contributed by atoms with Gasteiger partial charge in [0.1, 0.15) is 0 Å². The number of aryl methyl sites for hydroxylation is 2. The number of benzene rings is 3. The number of carbonyl (C=O) groups is 2. The smallest absolute Gasteiger partial charge is 0.340 e. The van der Waals surface area contributed by atoms with E-state index in [2.05, 4.69) is 6.07 Å². The predicted octanol–water partition coefficient (Wildman–Crippen LogP) is 5.33. The van der Waals surface area contributed by atoms with Crippen LogP contribution >= 0.6 is 0 Å². The van der Waals surface area contributed by atoms with Crippen molar-refractivity contribution in [2.24, 2.45) is 0 Å². The first-order valence-corrected chi connectivity index (χ1v) is 9.82. The molecule has 0 aliphatic carbocycles. The molecule has 3 aromatic carbocycles. The number of hydrogen-bond acceptors (Lipinski definition) is 3. The molecule has 0 fully saturated rings. The fourth-order valence-electron chi connectivity index (χ4n) is 4.10. The summed E-state index contributed by atoms with van der Waals surface area (Å²) in [5.41, 5.74) is 4.95. The second-order valence-corrected chi connectivity index (χ2v) is 7.56. The quantitative estimate of drug-likeness (QED) is 0.443. The summed E-state index contributed by atoms with van der Waals surface area (Å²) in [6, 6.07) is 19.9. The van der Waals surface area contributed by atoms with Gasteiger partial charge in [-0.2, -0.15) is 0 Å². The highest BCUT2D eigenvalue weighted by atomic mass is 16.5. The zero-order chi connectivity index (χ0) is 21.4. The molecule has 0 atom stereocenters. The summed E-state index contributed by atoms with van der Waals surface area (Å²) >= 11 is 0. The number of rotatable bonds is 3. The van der Waals surface area contributed by atoms with Gasteiger partial charge in [-0.1, -0.05) is 48.5 Å². The van der Waals surface area contributed by atoms with Crippen LogP contribution in [-0.2, 0) is 14.3 Å². The molecule has 0 radical (unpaired) electrons. The van der Waals surface area contributed by atoms with Crippen molar-refractivity contribution >= 4 is 34.4 Å². The van der Waals surface area contributed by atoms with Gasteiger partial charge in [0.25, 0.3) is 5.91 Å². The lowest BCUT2D eigenvalue weighted by Gasteiger charge is -2.19. The monoisotopic (exact) mass is 397 g/mol. The summed E-state index contributed by atoms with van der Waals surface area (Å²) in [5.74, 6) is -0.745. The van der Waals surface area contributed by atoms with Crippen LogP contribution in [0.4, 0.5) is 5.69 Å². The van der Waals surface area contributed by atoms with Gasteiger partial charge < -0.3 is 4.74 Å². The van der Waals surface area contributed by atoms with Gasteiger partial charge in [-0.3, -0.25) is 9.69 Å². The SMILES string of the molecule is COC(=O)C1=C(C)N(c2cc(C)cc(C)c2)C(=O)/C1=C\c1cccc2ccccc12. The number of amides is 1. The van der Waals surface area contributed by atoms with E-state index in [0.717, 1.165) is 33.2 Å². The van der Waals surface area contributed by atoms with E-state index in [-0.39, 0.29) is 5.91 Å². The molecule has 1 aliphatic heterocycles. The van der Waals surface area contributed by atoms with Crippen molar-refractivity contribution in [2.45, 2.75) is 20.8 Å². The van der Waals surface area contributed by atoms with Crippen molar-refractivity contribution in [1.29, 1.82) is 0 Å². The van der Waals surface area contributed by atoms with E-state index in [1.807, 2.05) is 68.4 Å². The largest absolute Gasteiger partial charge is 0.465 e. The maximum Gasteiger partial charge on any atom is 0.340 e. The van der Waals surface area contributed by atoms with E-state index in [1.54, 1.807) is 17.9 Å². The Morgan fingerprint density at radius 3 is 2.30 bits per heavy atom. The van der Waals surface area contributed by atoms with E-state index in [9.17, 15) is 9.59 Å². The molecule has 3 aromatic rings. The highest BCUT2D eigenvalue weighted by Crippen LogP contribution is 2.36. The Hall–Kier alpha value is -3.66. The van der Waals surface area contributed by atoms with Crippen LogP contribution in [0.25, 0.3) is 16.8 Å². The van der Waals surface area contributed by atoms with E-state index in [0.29, 0.717) is 16.8 Å². The van der Waals surface area contributed by atoms with Gasteiger partial charge in [0, 0.05) is 11.4 Å². The van der Waals surface area contributed by atoms with Crippen molar-refractivity contribution in [1.82, 2.24) is 0 Å². The first kappa shape index (κ1) is 19.6. The Labute approximate surface area is 176 Å². The van der Waals surface area contributed by atoms with Crippen molar-refractivity contribution in [3.63, 3.8) is 0 Å². The predicted molar refractivity (Wildman–Crippen MR) is 120 cm³/mol. The lowest BCUT2D eigenvalue weighted by molar-refractivity contribution is -0.136. The number of anilines is 1. The maximum absolute atomic E-state index is 13.5. The maximum atomic E-state index is 13.5. The molecule has 0 aromatic heterocycles. The average Bonchev–Trinajstić information content (AvgIpc) is 2.96. The minimum absolute atomic E-state index is 0.231. The third-order valence-corrected chi connectivity index (χ3v) is 5.38. The number of methoxy groups -OCH3 is 1. The zero-order valence-corrected chi connectivity index (χ0v) is 17.5. The Balaban J connectivity index is 1.92. The van der Waals surface area contributed by atoms with E-state index < -0.39 is 5.97 Å². The molecule has 0 bridgehead atoms. The lowest BCUT2D eigenvalue weighted by atomic mass is 9.99. The molecule has 0 N–H and O–H groups in total. The molecule has 4 nitrogen and oxygen atoms in total. The van der Waals surface area contributed by atoms with Crippen LogP contribution in [0.3, 0.4) is 0 Å². The Morgan fingerprint density at radius 2 is 1.60 bits per heavy atom. The number of fused-ring (bicyclic) bond motifs is 1. The van der Waals surface area contributed by atoms with Gasteiger partial charge in [-0.25, -0.2) is 4.79 Å². The number of allylic oxidation sites excluding steroid dienone is 1. The normalized spacial score (nSPS) is 15.4. The molecular weight excluding hydrogens is 374 g/mol. The molecule has 0 saturated carbocycles. The molecule has 0 saturated heterocycles. The van der Waals surface area contributed by atoms with Crippen molar-refractivity contribution < 1.29 is 14.3 Å². The van der Waals surface area contributed by atoms with Crippen molar-refractivity contribution in [2.75, 3.05) is 12.0 Å². The number of carbonyl (C=O) groups excluding carboxylic acids is 2. The Bertz CT molecular complexity index is 1220. The fourth-order valence-corrected chi connectivity index (χ4v) is 4.10. The van der Waals surface area contributed by atoms with E-state index in [4.69, 9.17) is 4.74 Å². The molecule has 1 amide bonds. The van der Waals surface area contributed by atoms with Gasteiger partial charge in [0.05, 0.1) is 18.3 Å². The van der Waals surface area contributed by atoms with E-state index >= 15 is 0 Å². The highest BCUT2D eigenvalue weighted by molar-refractivity contribution is 6.24. The number of hydrogen-bond donors (Lipinski definition) is 0. The van der Waals surface area contributed by atoms with Gasteiger partial charge in [-0.05, 0) is 66.4 Å². The van der Waals surface area contributed by atoms with Crippen LogP contribution < -0.4 is 4.90 Å². The molecular formula is C26H23NO3. The molecule has 4 heteroatoms. The van der Waals surface area contributed by atoms with Gasteiger partial charge in [0.15, 0.2) is 0 Å². The summed E-state index contributed by atoms with van der Waals surface area (Å²) < 4.78 is 5.02. The van der Waals surface area contributed by atoms with Crippen molar-refractivity contribution in [3.8, 4) is 0 Å². The summed E-state index contributed by atoms with van der Waals surface area (Å²) in [7, 11) is 1.34. The van der Waals surface area contributed by atoms with Crippen LogP contribution in [0.2, 0.25) is 0 Å². The summed E-state index contributed by atoms with van der Waals surface area (Å²) in [4.78, 5) is 27.8. The minimum Gasteiger partial charge on any atom is -0.465 e. The van der Waals surface area contributed by atoms with Crippen LogP contribution in [0.5, 0.6) is 0 Å². The first-order valence-electron chi connectivity index (χ1n) is 9.82. The van der Waals surface area contributed by atoms with Crippen LogP contribution in [-0.4, -0.2) is 19.0 Å². The van der Waals surface area contributed by atoms with Gasteiger partial charge >= 0.3 is 5.97 Å². The summed E-state index contributed by atoms with van der Waals surface area (Å²) in [6.07, 6.45) is 1.79. The molecule has 0 unspecified atom stereocenters. The van der Waals surface area contributed by atoms with Gasteiger partial charge in [-0.15, -0.1) is 0 Å². The standard InChI is InChI=1S/C26H23NO3/c1-16-12-17(2)14-21(13-16)27-18(3)24(26(29)30-4)23(25(27)28)15-20-10-7-9-19-8-5-6-11-22(19)20/h5-15H,1-4H3/b23-15-. The second-order valence-electron chi connectivity index (χ2n) is 7.56. The van der Waals surface area contributed by atoms with Gasteiger partial charge in [0.2, 0.25) is 0 Å². The number of esters is 1. The van der Waals surface area contributed by atoms with E-state index in [1.165, 1.54) is 7.11 Å². The third-order valence-electron chi connectivity index (χ3n) is 5.38. The minimum atomic E-state index is -0.515. The average molecular weight is 397 g/mol. The van der Waals surface area contributed by atoms with Crippen LogP contribution in [0.1, 0.15) is 23.6 Å². The molecule has 4 rings (SSSR count). The third kappa shape index (κ3) is 3.30. The molecule has 1 heterocycles. The summed E-state index contributed by atoms with van der Waals surface area (Å²) in [5, 5.41) is 2.09. The zero-order valence-electron chi connectivity index (χ0n) is 17.5. The molecule has 30 heavy (non-hydrogen) atoms. The number of nitrogens with zero attached hydrogens (tertiary/aromatic N) is 1. The fraction of sp³-hybridized carbons (Fsp3) is 0.154. The Kier molecular flexibility index (Phi) is 5.00. The summed E-state index contributed by atoms with van der Waals surface area (Å²) in [6.45, 7) is 5.76. The topological polar surface area (TPSA) is 46.6 Å². The molecule has 150 valence electrons. The van der Waals surface area contributed by atoms with Crippen LogP contribution in [0.15, 0.2) is 77.5 Å². The highest BCUT2D eigenvalue weighted by Gasteiger charge is 2.38. The molecule has 0 spiro atoms. The van der Waals surface area contributed by atoms with Crippen molar-refractivity contribution in [3.05, 3.63) is 94.2 Å². The Morgan fingerprint density at radius 1 is 0.933 bits per heavy atom. The number of ether oxygens (including phenoxy) is 1. The first-order chi connectivity index (χ1) is 14.4. The molecule has 1 aliphatic rings. The second kappa shape index (κ2) is 7.64. The van der Waals surface area contributed by atoms with Crippen LogP contribution in [0, 0.1) is 13.8 Å². The lowest BCUT2D eigenvalue weighted by Crippen LogP contribution is -2.24.